The van der Waals surface area contributed by atoms with Crippen LogP contribution >= 0.6 is 27.5 Å². The van der Waals surface area contributed by atoms with Crippen molar-refractivity contribution in [2.75, 3.05) is 0 Å². The van der Waals surface area contributed by atoms with Crippen LogP contribution in [-0.4, -0.2) is 4.98 Å². The fourth-order valence-corrected chi connectivity index (χ4v) is 1.35. The summed E-state index contributed by atoms with van der Waals surface area (Å²) in [6.45, 7) is 0. The van der Waals surface area contributed by atoms with Crippen LogP contribution in [0.3, 0.4) is 0 Å². The third-order valence-electron chi connectivity index (χ3n) is 1.31. The van der Waals surface area contributed by atoms with Crippen LogP contribution in [0.25, 0.3) is 0 Å². The van der Waals surface area contributed by atoms with Gasteiger partial charge < -0.3 is 0 Å². The number of hydrogen-bond donors (Lipinski definition) is 0. The Morgan fingerprint density at radius 1 is 1.38 bits per heavy atom. The van der Waals surface area contributed by atoms with Crippen LogP contribution in [0.1, 0.15) is 11.4 Å². The van der Waals surface area contributed by atoms with Crippen molar-refractivity contribution in [3.63, 3.8) is 0 Å². The van der Waals surface area contributed by atoms with Gasteiger partial charge in [-0.1, -0.05) is 0 Å². The van der Waals surface area contributed by atoms with Crippen molar-refractivity contribution in [2.24, 2.45) is 0 Å². The smallest absolute Gasteiger partial charge is 0.246 e. The number of nitrogens with zero attached hydrogens (tertiary/aromatic N) is 1. The molecule has 1 heterocycles. The van der Waals surface area contributed by atoms with Crippen molar-refractivity contribution >= 4 is 27.5 Å². The number of rotatable bonds is 1. The minimum Gasteiger partial charge on any atom is -0.246 e. The molecule has 1 nitrogen and oxygen atoms in total. The molecule has 1 rings (SSSR count). The second-order valence-corrected chi connectivity index (χ2v) is 3.39. The van der Waals surface area contributed by atoms with Gasteiger partial charge in [-0.2, -0.15) is 13.2 Å². The van der Waals surface area contributed by atoms with Gasteiger partial charge in [-0.25, -0.2) is 4.98 Å². The molecule has 6 heteroatoms. The van der Waals surface area contributed by atoms with Gasteiger partial charge in [0.15, 0.2) is 5.69 Å². The van der Waals surface area contributed by atoms with E-state index in [9.17, 15) is 13.2 Å². The van der Waals surface area contributed by atoms with Gasteiger partial charge in [-0.3, -0.25) is 0 Å². The molecule has 0 radical (unpaired) electrons. The summed E-state index contributed by atoms with van der Waals surface area (Å²) in [4.78, 5) is 3.36. The quantitative estimate of drug-likeness (QED) is 0.713. The SMILES string of the molecule is FC(F)(F)c1nc(CCl)ccc1Br. The molecule has 0 aromatic carbocycles. The number of halogens is 5. The lowest BCUT2D eigenvalue weighted by atomic mass is 10.3. The first kappa shape index (κ1) is 10.8. The van der Waals surface area contributed by atoms with Crippen LogP contribution in [0.5, 0.6) is 0 Å². The zero-order valence-electron chi connectivity index (χ0n) is 6.20. The van der Waals surface area contributed by atoms with E-state index in [2.05, 4.69) is 20.9 Å². The molecule has 0 saturated carbocycles. The molecule has 13 heavy (non-hydrogen) atoms. The Morgan fingerprint density at radius 2 is 2.00 bits per heavy atom. The number of aromatic nitrogens is 1. The molecule has 0 aliphatic heterocycles. The van der Waals surface area contributed by atoms with E-state index in [0.717, 1.165) is 0 Å². The van der Waals surface area contributed by atoms with Crippen molar-refractivity contribution in [3.8, 4) is 0 Å². The molecule has 0 amide bonds. The van der Waals surface area contributed by atoms with Crippen LogP contribution < -0.4 is 0 Å². The summed E-state index contributed by atoms with van der Waals surface area (Å²) in [6.07, 6.45) is -4.44. The van der Waals surface area contributed by atoms with Crippen LogP contribution in [0.2, 0.25) is 0 Å². The summed E-state index contributed by atoms with van der Waals surface area (Å²) in [6, 6.07) is 2.72. The lowest BCUT2D eigenvalue weighted by Gasteiger charge is -2.08. The van der Waals surface area contributed by atoms with E-state index < -0.39 is 11.9 Å². The zero-order chi connectivity index (χ0) is 10.1. The van der Waals surface area contributed by atoms with Crippen molar-refractivity contribution in [1.29, 1.82) is 0 Å². The third kappa shape index (κ3) is 2.57. The Morgan fingerprint density at radius 3 is 2.46 bits per heavy atom. The normalized spacial score (nSPS) is 11.8. The minimum absolute atomic E-state index is 0.0314. The zero-order valence-corrected chi connectivity index (χ0v) is 8.54. The first-order chi connectivity index (χ1) is 5.95. The van der Waals surface area contributed by atoms with E-state index in [1.807, 2.05) is 0 Å². The Balaban J connectivity index is 3.19. The Bertz CT molecular complexity index is 313. The van der Waals surface area contributed by atoms with Crippen LogP contribution in [-0.2, 0) is 12.1 Å². The van der Waals surface area contributed by atoms with E-state index in [4.69, 9.17) is 11.6 Å². The maximum Gasteiger partial charge on any atom is 0.434 e. The molecular weight excluding hydrogens is 270 g/mol. The van der Waals surface area contributed by atoms with Gasteiger partial charge in [0.25, 0.3) is 0 Å². The lowest BCUT2D eigenvalue weighted by Crippen LogP contribution is -2.10. The Labute approximate surface area is 86.0 Å². The van der Waals surface area contributed by atoms with Crippen LogP contribution in [0.4, 0.5) is 13.2 Å². The number of pyridine rings is 1. The van der Waals surface area contributed by atoms with Gasteiger partial charge in [0.05, 0.1) is 11.6 Å². The van der Waals surface area contributed by atoms with E-state index >= 15 is 0 Å². The van der Waals surface area contributed by atoms with Gasteiger partial charge in [0.1, 0.15) is 0 Å². The Hall–Kier alpha value is -0.290. The predicted octanol–water partition coefficient (Wildman–Crippen LogP) is 3.60. The lowest BCUT2D eigenvalue weighted by molar-refractivity contribution is -0.141. The maximum atomic E-state index is 12.2. The topological polar surface area (TPSA) is 12.9 Å². The van der Waals surface area contributed by atoms with E-state index in [0.29, 0.717) is 0 Å². The summed E-state index contributed by atoms with van der Waals surface area (Å²) in [5, 5.41) is 0. The molecule has 0 saturated heterocycles. The molecule has 0 bridgehead atoms. The molecule has 0 spiro atoms. The number of hydrogen-bond acceptors (Lipinski definition) is 1. The van der Waals surface area contributed by atoms with E-state index in [-0.39, 0.29) is 16.0 Å². The average molecular weight is 274 g/mol. The molecule has 0 unspecified atom stereocenters. The summed E-state index contributed by atoms with van der Waals surface area (Å²) < 4.78 is 36.6. The molecule has 1 aromatic heterocycles. The highest BCUT2D eigenvalue weighted by molar-refractivity contribution is 9.10. The first-order valence-corrected chi connectivity index (χ1v) is 4.56. The first-order valence-electron chi connectivity index (χ1n) is 3.23. The highest BCUT2D eigenvalue weighted by Gasteiger charge is 2.35. The van der Waals surface area contributed by atoms with Gasteiger partial charge in [-0.05, 0) is 28.1 Å². The van der Waals surface area contributed by atoms with Crippen LogP contribution in [0, 0.1) is 0 Å². The third-order valence-corrected chi connectivity index (χ3v) is 2.22. The standard InChI is InChI=1S/C7H4BrClF3N/c8-5-2-1-4(3-9)13-6(5)7(10,11)12/h1-2H,3H2. The molecule has 0 aliphatic rings. The summed E-state index contributed by atoms with van der Waals surface area (Å²) >= 11 is 8.13. The molecule has 0 N–H and O–H groups in total. The summed E-state index contributed by atoms with van der Waals surface area (Å²) in [5.74, 6) is -0.0314. The van der Waals surface area contributed by atoms with Crippen molar-refractivity contribution < 1.29 is 13.2 Å². The molecule has 0 fully saturated rings. The highest BCUT2D eigenvalue weighted by atomic mass is 79.9. The molecule has 1 aromatic rings. The molecule has 0 atom stereocenters. The molecular formula is C7H4BrClF3N. The second kappa shape index (κ2) is 3.84. The number of alkyl halides is 4. The minimum atomic E-state index is -4.44. The fraction of sp³-hybridized carbons (Fsp3) is 0.286. The van der Waals surface area contributed by atoms with Gasteiger partial charge in [-0.15, -0.1) is 11.6 Å². The second-order valence-electron chi connectivity index (χ2n) is 2.26. The molecule has 0 aliphatic carbocycles. The van der Waals surface area contributed by atoms with Gasteiger partial charge >= 0.3 is 6.18 Å². The van der Waals surface area contributed by atoms with Crippen LogP contribution in [0.15, 0.2) is 16.6 Å². The predicted molar refractivity (Wildman–Crippen MR) is 46.5 cm³/mol. The monoisotopic (exact) mass is 273 g/mol. The van der Waals surface area contributed by atoms with Crippen molar-refractivity contribution in [2.45, 2.75) is 12.1 Å². The van der Waals surface area contributed by atoms with E-state index in [1.54, 1.807) is 0 Å². The van der Waals surface area contributed by atoms with Gasteiger partial charge in [0, 0.05) is 4.47 Å². The maximum absolute atomic E-state index is 12.2. The Kier molecular flexibility index (Phi) is 3.18. The van der Waals surface area contributed by atoms with E-state index in [1.165, 1.54) is 12.1 Å². The van der Waals surface area contributed by atoms with Crippen molar-refractivity contribution in [3.05, 3.63) is 28.0 Å². The summed E-state index contributed by atoms with van der Waals surface area (Å²) in [7, 11) is 0. The summed E-state index contributed by atoms with van der Waals surface area (Å²) in [5.41, 5.74) is -0.733. The van der Waals surface area contributed by atoms with Gasteiger partial charge in [0.2, 0.25) is 0 Å². The average Bonchev–Trinajstić information content (AvgIpc) is 2.03. The highest BCUT2D eigenvalue weighted by Crippen LogP contribution is 2.33. The van der Waals surface area contributed by atoms with Crippen molar-refractivity contribution in [1.82, 2.24) is 4.98 Å². The largest absolute Gasteiger partial charge is 0.434 e. The fourth-order valence-electron chi connectivity index (χ4n) is 0.756. The molecule has 72 valence electrons.